The topological polar surface area (TPSA) is 17.8 Å². The maximum Gasteiger partial charge on any atom is 0.290 e. The van der Waals surface area contributed by atoms with Gasteiger partial charge in [0.15, 0.2) is 0 Å². The van der Waals surface area contributed by atoms with Crippen molar-refractivity contribution < 1.29 is 26.3 Å². The third-order valence-electron chi connectivity index (χ3n) is 2.95. The fourth-order valence-electron chi connectivity index (χ4n) is 2.15. The maximum absolute atomic E-state index is 13.6. The number of alkyl halides is 6. The van der Waals surface area contributed by atoms with Crippen molar-refractivity contribution in [3.8, 4) is 0 Å². The van der Waals surface area contributed by atoms with Crippen LogP contribution in [0.15, 0.2) is 0 Å². The van der Waals surface area contributed by atoms with Gasteiger partial charge in [-0.1, -0.05) is 0 Å². The molecule has 0 N–H and O–H groups in total. The molecule has 0 spiro atoms. The summed E-state index contributed by atoms with van der Waals surface area (Å²) in [5, 5.41) is 3.21. The van der Waals surface area contributed by atoms with Crippen LogP contribution in [0.3, 0.4) is 0 Å². The number of nitrogens with zero attached hydrogens (tertiary/aromatic N) is 2. The Balaban J connectivity index is 2.75. The minimum Gasteiger partial charge on any atom is -0.263 e. The average Bonchev–Trinajstić information content (AvgIpc) is 2.66. The monoisotopic (exact) mass is 272 g/mol. The summed E-state index contributed by atoms with van der Waals surface area (Å²) in [6, 6.07) is 0. The van der Waals surface area contributed by atoms with Gasteiger partial charge in [0.2, 0.25) is 0 Å². The van der Waals surface area contributed by atoms with Crippen LogP contribution in [0.1, 0.15) is 43.1 Å². The molecule has 0 fully saturated rings. The van der Waals surface area contributed by atoms with Crippen LogP contribution >= 0.6 is 0 Å². The molecule has 18 heavy (non-hydrogen) atoms. The van der Waals surface area contributed by atoms with E-state index in [4.69, 9.17) is 0 Å². The van der Waals surface area contributed by atoms with E-state index in [9.17, 15) is 26.3 Å². The third kappa shape index (κ3) is 1.78. The molecule has 102 valence electrons. The quantitative estimate of drug-likeness (QED) is 0.748. The zero-order valence-electron chi connectivity index (χ0n) is 9.36. The summed E-state index contributed by atoms with van der Waals surface area (Å²) in [5.41, 5.74) is -3.61. The third-order valence-corrected chi connectivity index (χ3v) is 2.95. The van der Waals surface area contributed by atoms with Crippen molar-refractivity contribution >= 4 is 0 Å². The normalized spacial score (nSPS) is 21.1. The number of aryl methyl sites for hydroxylation is 1. The number of aromatic nitrogens is 2. The molecule has 0 aromatic carbocycles. The van der Waals surface area contributed by atoms with Crippen LogP contribution in [0.2, 0.25) is 0 Å². The van der Waals surface area contributed by atoms with E-state index in [0.29, 0.717) is 4.68 Å². The minimum atomic E-state index is -3.68. The Kier molecular flexibility index (Phi) is 2.86. The zero-order valence-corrected chi connectivity index (χ0v) is 9.36. The van der Waals surface area contributed by atoms with Crippen LogP contribution in [0, 0.1) is 0 Å². The first-order valence-corrected chi connectivity index (χ1v) is 5.36. The summed E-state index contributed by atoms with van der Waals surface area (Å²) in [5.74, 6) is -7.23. The zero-order chi connectivity index (χ0) is 13.7. The Morgan fingerprint density at radius 2 is 1.72 bits per heavy atom. The van der Waals surface area contributed by atoms with Crippen LogP contribution in [0.25, 0.3) is 0 Å². The van der Waals surface area contributed by atoms with Gasteiger partial charge in [-0.3, -0.25) is 4.68 Å². The Bertz CT molecular complexity index is 465. The van der Waals surface area contributed by atoms with Crippen LogP contribution in [0.5, 0.6) is 0 Å². The number of fused-ring (bicyclic) bond motifs is 1. The van der Waals surface area contributed by atoms with Gasteiger partial charge in [-0.2, -0.15) is 13.9 Å². The minimum absolute atomic E-state index is 0.166. The van der Waals surface area contributed by atoms with Crippen molar-refractivity contribution in [2.24, 2.45) is 0 Å². The molecule has 0 aliphatic heterocycles. The van der Waals surface area contributed by atoms with Gasteiger partial charge in [0.05, 0.1) is 5.56 Å². The molecule has 1 aromatic heterocycles. The van der Waals surface area contributed by atoms with E-state index in [1.54, 1.807) is 0 Å². The lowest BCUT2D eigenvalue weighted by Gasteiger charge is -2.29. The number of rotatable bonds is 2. The van der Waals surface area contributed by atoms with Gasteiger partial charge in [-0.15, -0.1) is 0 Å². The van der Waals surface area contributed by atoms with E-state index in [-0.39, 0.29) is 6.54 Å². The first-order chi connectivity index (χ1) is 8.20. The molecule has 0 unspecified atom stereocenters. The summed E-state index contributed by atoms with van der Waals surface area (Å²) >= 11 is 0. The fraction of sp³-hybridized carbons (Fsp3) is 0.700. The van der Waals surface area contributed by atoms with Crippen LogP contribution < -0.4 is 0 Å². The predicted octanol–water partition coefficient (Wildman–Crippen LogP) is 3.82. The van der Waals surface area contributed by atoms with Crippen molar-refractivity contribution in [1.82, 2.24) is 9.78 Å². The second-order valence-electron chi connectivity index (χ2n) is 4.13. The molecule has 0 atom stereocenters. The van der Waals surface area contributed by atoms with E-state index in [0.717, 1.165) is 0 Å². The summed E-state index contributed by atoms with van der Waals surface area (Å²) in [7, 11) is 0. The lowest BCUT2D eigenvalue weighted by Crippen LogP contribution is -2.32. The number of hydrogen-bond donors (Lipinski definition) is 0. The standard InChI is InChI=1S/C10H10F6N2/c1-2-18-7-5(6(17-18)8(11)12)9(13,14)3-4-10(7,15)16/h8H,2-4H2,1H3. The molecule has 1 aliphatic carbocycles. The van der Waals surface area contributed by atoms with Gasteiger partial charge in [0.25, 0.3) is 18.3 Å². The second-order valence-corrected chi connectivity index (χ2v) is 4.13. The Morgan fingerprint density at radius 1 is 1.17 bits per heavy atom. The maximum atomic E-state index is 13.6. The van der Waals surface area contributed by atoms with E-state index >= 15 is 0 Å². The molecule has 8 heteroatoms. The summed E-state index contributed by atoms with van der Waals surface area (Å²) in [4.78, 5) is 0. The number of hydrogen-bond acceptors (Lipinski definition) is 1. The van der Waals surface area contributed by atoms with Crippen molar-refractivity contribution in [3.63, 3.8) is 0 Å². The molecule has 0 bridgehead atoms. The molecular weight excluding hydrogens is 262 g/mol. The van der Waals surface area contributed by atoms with Crippen LogP contribution in [0.4, 0.5) is 26.3 Å². The smallest absolute Gasteiger partial charge is 0.263 e. The van der Waals surface area contributed by atoms with Gasteiger partial charge in [0, 0.05) is 19.4 Å². The lowest BCUT2D eigenvalue weighted by atomic mass is 9.89. The Labute approximate surface area is 98.6 Å². The Hall–Kier alpha value is -1.21. The summed E-state index contributed by atoms with van der Waals surface area (Å²) in [6.45, 7) is 1.21. The molecule has 1 aliphatic rings. The fourth-order valence-corrected chi connectivity index (χ4v) is 2.15. The highest BCUT2D eigenvalue weighted by atomic mass is 19.3. The molecule has 1 heterocycles. The highest BCUT2D eigenvalue weighted by Gasteiger charge is 2.54. The van der Waals surface area contributed by atoms with Crippen molar-refractivity contribution in [2.45, 2.75) is 44.6 Å². The molecular formula is C10H10F6N2. The second kappa shape index (κ2) is 3.89. The van der Waals surface area contributed by atoms with E-state index in [1.165, 1.54) is 6.92 Å². The number of halogens is 6. The highest BCUT2D eigenvalue weighted by molar-refractivity contribution is 5.37. The molecule has 2 rings (SSSR count). The van der Waals surface area contributed by atoms with Gasteiger partial charge in [0.1, 0.15) is 11.4 Å². The van der Waals surface area contributed by atoms with Crippen LogP contribution in [-0.2, 0) is 18.4 Å². The van der Waals surface area contributed by atoms with Crippen molar-refractivity contribution in [1.29, 1.82) is 0 Å². The van der Waals surface area contributed by atoms with Gasteiger partial charge in [-0.25, -0.2) is 17.6 Å². The van der Waals surface area contributed by atoms with Crippen LogP contribution in [-0.4, -0.2) is 9.78 Å². The largest absolute Gasteiger partial charge is 0.290 e. The van der Waals surface area contributed by atoms with Crippen molar-refractivity contribution in [3.05, 3.63) is 17.0 Å². The van der Waals surface area contributed by atoms with E-state index < -0.39 is 48.1 Å². The molecule has 0 radical (unpaired) electrons. The van der Waals surface area contributed by atoms with Gasteiger partial charge in [-0.05, 0) is 6.92 Å². The van der Waals surface area contributed by atoms with Gasteiger partial charge >= 0.3 is 0 Å². The molecule has 0 saturated heterocycles. The molecule has 1 aromatic rings. The lowest BCUT2D eigenvalue weighted by molar-refractivity contribution is -0.101. The molecule has 0 amide bonds. The summed E-state index contributed by atoms with van der Waals surface area (Å²) in [6.07, 6.45) is -5.52. The molecule has 2 nitrogen and oxygen atoms in total. The SMILES string of the molecule is CCn1nc(C(F)F)c2c1C(F)(F)CCC2(F)F. The van der Waals surface area contributed by atoms with E-state index in [1.807, 2.05) is 0 Å². The van der Waals surface area contributed by atoms with E-state index in [2.05, 4.69) is 5.10 Å². The average molecular weight is 272 g/mol. The predicted molar refractivity (Wildman–Crippen MR) is 49.9 cm³/mol. The Morgan fingerprint density at radius 3 is 2.22 bits per heavy atom. The highest BCUT2D eigenvalue weighted by Crippen LogP contribution is 2.52. The molecule has 0 saturated carbocycles. The first-order valence-electron chi connectivity index (χ1n) is 5.36. The summed E-state index contributed by atoms with van der Waals surface area (Å²) < 4.78 is 80.3. The van der Waals surface area contributed by atoms with Crippen molar-refractivity contribution in [2.75, 3.05) is 0 Å². The first kappa shape index (κ1) is 13.2. The van der Waals surface area contributed by atoms with Gasteiger partial charge < -0.3 is 0 Å².